The first-order valence-corrected chi connectivity index (χ1v) is 26.5. The molecule has 2 saturated carbocycles. The van der Waals surface area contributed by atoms with E-state index in [-0.39, 0.29) is 5.41 Å². The number of rotatable bonds is 8. The molecule has 0 amide bonds. The Labute approximate surface area is 395 Å². The van der Waals surface area contributed by atoms with Gasteiger partial charge in [-0.2, -0.15) is 0 Å². The lowest BCUT2D eigenvalue weighted by molar-refractivity contribution is 0.0533. The van der Waals surface area contributed by atoms with E-state index in [9.17, 15) is 0 Å². The molecule has 0 unspecified atom stereocenters. The predicted octanol–water partition coefficient (Wildman–Crippen LogP) is 13.7. The van der Waals surface area contributed by atoms with Crippen LogP contribution in [0, 0.1) is 17.8 Å². The number of hydrogen-bond acceptors (Lipinski definition) is 1. The molecule has 324 valence electrons. The van der Waals surface area contributed by atoms with Gasteiger partial charge in [-0.25, -0.2) is 0 Å². The Bertz CT molecular complexity index is 3290. The number of anilines is 3. The van der Waals surface area contributed by atoms with Crippen molar-refractivity contribution in [2.75, 3.05) is 4.90 Å². The molecule has 1 aliphatic heterocycles. The van der Waals surface area contributed by atoms with Crippen LogP contribution in [0.5, 0.6) is 0 Å². The Hall–Kier alpha value is -7.20. The minimum Gasteiger partial charge on any atom is -0.310 e. The Morgan fingerprint density at radius 2 is 0.940 bits per heavy atom. The van der Waals surface area contributed by atoms with Crippen LogP contribution in [0.4, 0.5) is 17.1 Å². The number of nitrogens with zero attached hydrogens (tertiary/aromatic N) is 2. The molecule has 3 aliphatic rings. The number of hydrogen-bond donors (Lipinski definition) is 0. The van der Waals surface area contributed by atoms with Gasteiger partial charge in [-0.05, 0) is 135 Å². The first-order chi connectivity index (χ1) is 33.1. The monoisotopic (exact) mass is 878 g/mol. The number of para-hydroxylation sites is 3. The summed E-state index contributed by atoms with van der Waals surface area (Å²) < 4.78 is 2.62. The second kappa shape index (κ2) is 16.0. The van der Waals surface area contributed by atoms with Crippen molar-refractivity contribution in [1.29, 1.82) is 0 Å². The van der Waals surface area contributed by atoms with Gasteiger partial charge in [0.05, 0.1) is 16.7 Å². The van der Waals surface area contributed by atoms with Crippen molar-refractivity contribution in [1.82, 2.24) is 4.57 Å². The average molecular weight is 879 g/mol. The van der Waals surface area contributed by atoms with Gasteiger partial charge in [0.2, 0.25) is 0 Å². The van der Waals surface area contributed by atoms with Crippen LogP contribution in [0.3, 0.4) is 0 Å². The molecule has 67 heavy (non-hydrogen) atoms. The third-order valence-electron chi connectivity index (χ3n) is 16.2. The van der Waals surface area contributed by atoms with Crippen molar-refractivity contribution in [2.24, 2.45) is 17.8 Å². The average Bonchev–Trinajstić information content (AvgIpc) is 3.72. The van der Waals surface area contributed by atoms with Gasteiger partial charge in [0.15, 0.2) is 8.07 Å². The van der Waals surface area contributed by atoms with Gasteiger partial charge in [0.25, 0.3) is 0 Å². The van der Waals surface area contributed by atoms with E-state index in [0.717, 1.165) is 11.6 Å². The fourth-order valence-corrected chi connectivity index (χ4v) is 18.4. The van der Waals surface area contributed by atoms with Crippen molar-refractivity contribution < 1.29 is 0 Å². The molecule has 2 atom stereocenters. The lowest BCUT2D eigenvalue weighted by Gasteiger charge is -2.57. The quantitative estimate of drug-likeness (QED) is 0.109. The Kier molecular flexibility index (Phi) is 9.58. The van der Waals surface area contributed by atoms with E-state index in [1.165, 1.54) is 108 Å². The SMILES string of the molecule is CC1C[C@H]2CCC[C@H](C1)C21c2ccccc2-n2c3ccccc3c3cc(N(c4ccccc4)c4ccc(-c5ccc([Si](c6ccccc6)(c6ccccc6)c6ccccc6)cc5)cc4)cc1c32. The molecule has 1 aromatic heterocycles. The van der Waals surface area contributed by atoms with Crippen LogP contribution in [0.1, 0.15) is 50.2 Å². The van der Waals surface area contributed by atoms with Gasteiger partial charge < -0.3 is 9.47 Å². The predicted molar refractivity (Wildman–Crippen MR) is 285 cm³/mol. The molecule has 2 heterocycles. The fraction of sp³-hybridized carbons (Fsp3) is 0.156. The molecular weight excluding hydrogens is 825 g/mol. The van der Waals surface area contributed by atoms with Gasteiger partial charge in [-0.1, -0.05) is 195 Å². The van der Waals surface area contributed by atoms with Crippen molar-refractivity contribution in [2.45, 2.75) is 44.4 Å². The van der Waals surface area contributed by atoms with Crippen LogP contribution in [0.25, 0.3) is 38.6 Å². The summed E-state index contributed by atoms with van der Waals surface area (Å²) in [6.07, 6.45) is 6.49. The van der Waals surface area contributed by atoms with Crippen LogP contribution >= 0.6 is 0 Å². The summed E-state index contributed by atoms with van der Waals surface area (Å²) in [5, 5.41) is 8.22. The summed E-state index contributed by atoms with van der Waals surface area (Å²) in [5.74, 6) is 1.97. The molecule has 3 heteroatoms. The van der Waals surface area contributed by atoms with Crippen LogP contribution in [-0.2, 0) is 5.41 Å². The maximum absolute atomic E-state index is 2.64. The van der Waals surface area contributed by atoms with Gasteiger partial charge in [0, 0.05) is 33.2 Å². The van der Waals surface area contributed by atoms with E-state index < -0.39 is 8.07 Å². The molecule has 0 saturated heterocycles. The maximum Gasteiger partial charge on any atom is 0.179 e. The Morgan fingerprint density at radius 1 is 0.448 bits per heavy atom. The second-order valence-corrected chi connectivity index (χ2v) is 23.5. The summed E-state index contributed by atoms with van der Waals surface area (Å²) in [6.45, 7) is 2.51. The first kappa shape index (κ1) is 40.1. The highest BCUT2D eigenvalue weighted by Gasteiger charge is 2.56. The van der Waals surface area contributed by atoms with E-state index in [2.05, 4.69) is 247 Å². The number of fused-ring (bicyclic) bond motifs is 5. The van der Waals surface area contributed by atoms with Crippen molar-refractivity contribution >= 4 is 67.7 Å². The van der Waals surface area contributed by atoms with Crippen LogP contribution in [0.15, 0.2) is 231 Å². The molecule has 1 spiro atoms. The molecule has 9 aromatic carbocycles. The van der Waals surface area contributed by atoms with Crippen LogP contribution in [0.2, 0.25) is 0 Å². The molecule has 2 aliphatic carbocycles. The van der Waals surface area contributed by atoms with E-state index >= 15 is 0 Å². The van der Waals surface area contributed by atoms with E-state index in [0.29, 0.717) is 11.8 Å². The second-order valence-electron chi connectivity index (χ2n) is 19.7. The minimum atomic E-state index is -2.62. The smallest absolute Gasteiger partial charge is 0.179 e. The number of aromatic nitrogens is 1. The molecular formula is C64H54N2Si. The lowest BCUT2D eigenvalue weighted by atomic mass is 9.47. The maximum atomic E-state index is 2.64. The highest BCUT2D eigenvalue weighted by Crippen LogP contribution is 2.64. The van der Waals surface area contributed by atoms with E-state index in [4.69, 9.17) is 0 Å². The topological polar surface area (TPSA) is 8.17 Å². The van der Waals surface area contributed by atoms with E-state index in [1.54, 1.807) is 5.56 Å². The highest BCUT2D eigenvalue weighted by atomic mass is 28.3. The molecule has 2 bridgehead atoms. The molecule has 0 radical (unpaired) electrons. The van der Waals surface area contributed by atoms with Crippen molar-refractivity contribution in [3.05, 3.63) is 242 Å². The summed E-state index contributed by atoms with van der Waals surface area (Å²) in [7, 11) is -2.62. The van der Waals surface area contributed by atoms with Crippen LogP contribution < -0.4 is 25.6 Å². The molecule has 2 fully saturated rings. The van der Waals surface area contributed by atoms with Crippen molar-refractivity contribution in [3.63, 3.8) is 0 Å². The van der Waals surface area contributed by atoms with Gasteiger partial charge in [-0.15, -0.1) is 0 Å². The third kappa shape index (κ3) is 6.07. The van der Waals surface area contributed by atoms with Crippen LogP contribution in [-0.4, -0.2) is 12.6 Å². The summed E-state index contributed by atoms with van der Waals surface area (Å²) in [5.41, 5.74) is 13.1. The highest BCUT2D eigenvalue weighted by molar-refractivity contribution is 7.19. The summed E-state index contributed by atoms with van der Waals surface area (Å²) in [6, 6.07) is 87.3. The van der Waals surface area contributed by atoms with Crippen molar-refractivity contribution in [3.8, 4) is 16.8 Å². The zero-order chi connectivity index (χ0) is 44.5. The van der Waals surface area contributed by atoms with Gasteiger partial charge >= 0.3 is 0 Å². The first-order valence-electron chi connectivity index (χ1n) is 24.5. The summed E-state index contributed by atoms with van der Waals surface area (Å²) >= 11 is 0. The zero-order valence-corrected chi connectivity index (χ0v) is 39.1. The molecule has 10 aromatic rings. The Morgan fingerprint density at radius 3 is 1.55 bits per heavy atom. The normalized spacial score (nSPS) is 19.6. The standard InChI is InChI=1S/C64H54N2Si/c1-45-41-48-19-18-20-49(42-45)64(48)59-30-15-17-32-62(59)66-61-31-16-14-29-57(61)58-43-52(44-60(64)63(58)66)65(50-21-6-2-7-22-50)51-37-33-46(34-38-51)47-35-39-56(40-36-47)67(53-23-8-3-9-24-53,54-25-10-4-11-26-54)55-27-12-5-13-28-55/h2-17,21-40,43-45,48-49H,18-20,41-42H2,1H3/t45?,48-,49-,64?/m1/s1. The van der Waals surface area contributed by atoms with Gasteiger partial charge in [0.1, 0.15) is 0 Å². The number of benzene rings is 9. The molecule has 13 rings (SSSR count). The fourth-order valence-electron chi connectivity index (χ4n) is 13.7. The minimum absolute atomic E-state index is 0.0274. The largest absolute Gasteiger partial charge is 0.310 e. The molecule has 2 nitrogen and oxygen atoms in total. The third-order valence-corrected chi connectivity index (χ3v) is 21.0. The zero-order valence-electron chi connectivity index (χ0n) is 38.1. The summed E-state index contributed by atoms with van der Waals surface area (Å²) in [4.78, 5) is 2.52. The lowest BCUT2D eigenvalue weighted by Crippen LogP contribution is -2.74. The Balaban J connectivity index is 0.959. The van der Waals surface area contributed by atoms with Gasteiger partial charge in [-0.3, -0.25) is 0 Å². The molecule has 0 N–H and O–H groups in total. The van der Waals surface area contributed by atoms with E-state index in [1.807, 2.05) is 0 Å².